The van der Waals surface area contributed by atoms with Gasteiger partial charge < -0.3 is 15.4 Å². The second-order valence-electron chi connectivity index (χ2n) is 4.88. The number of nitrogens with one attached hydrogen (secondary N) is 2. The van der Waals surface area contributed by atoms with Crippen molar-refractivity contribution in [1.82, 2.24) is 15.3 Å². The molecule has 112 valence electrons. The van der Waals surface area contributed by atoms with E-state index in [1.165, 1.54) is 12.1 Å². The third-order valence-electron chi connectivity index (χ3n) is 3.40. The number of rotatable bonds is 4. The lowest BCUT2D eigenvalue weighted by molar-refractivity contribution is 0.0914. The van der Waals surface area contributed by atoms with Gasteiger partial charge in [0.05, 0.1) is 23.5 Å². The summed E-state index contributed by atoms with van der Waals surface area (Å²) in [5.41, 5.74) is 2.12. The van der Waals surface area contributed by atoms with Crippen LogP contribution in [0.5, 0.6) is 0 Å². The maximum Gasteiger partial charge on any atom is 0.251 e. The van der Waals surface area contributed by atoms with Gasteiger partial charge in [-0.05, 0) is 24.3 Å². The lowest BCUT2D eigenvalue weighted by Gasteiger charge is -2.13. The van der Waals surface area contributed by atoms with Gasteiger partial charge in [-0.25, -0.2) is 9.37 Å². The third-order valence-corrected chi connectivity index (χ3v) is 3.40. The summed E-state index contributed by atoms with van der Waals surface area (Å²) in [5.74, 6) is -0.838. The van der Waals surface area contributed by atoms with Crippen molar-refractivity contribution in [3.05, 3.63) is 65.7 Å². The Hall–Kier alpha value is -2.73. The highest BCUT2D eigenvalue weighted by Gasteiger charge is 2.14. The fourth-order valence-electron chi connectivity index (χ4n) is 2.22. The van der Waals surface area contributed by atoms with Crippen molar-refractivity contribution in [2.24, 2.45) is 0 Å². The topological polar surface area (TPSA) is 78.0 Å². The average Bonchev–Trinajstić information content (AvgIpc) is 3.00. The number of benzene rings is 2. The van der Waals surface area contributed by atoms with E-state index in [0.29, 0.717) is 5.56 Å². The molecular weight excluding hydrogens is 285 g/mol. The zero-order valence-corrected chi connectivity index (χ0v) is 11.6. The van der Waals surface area contributed by atoms with Gasteiger partial charge in [0, 0.05) is 17.7 Å². The summed E-state index contributed by atoms with van der Waals surface area (Å²) in [5, 5.41) is 12.6. The van der Waals surface area contributed by atoms with Gasteiger partial charge in [-0.1, -0.05) is 18.2 Å². The molecule has 1 atom stereocenters. The molecule has 6 heteroatoms. The molecule has 0 aliphatic carbocycles. The predicted octanol–water partition coefficient (Wildman–Crippen LogP) is 2.17. The molecular formula is C16H14FN3O2. The highest BCUT2D eigenvalue weighted by atomic mass is 19.1. The highest BCUT2D eigenvalue weighted by molar-refractivity contribution is 5.97. The van der Waals surface area contributed by atoms with Crippen LogP contribution in [0.15, 0.2) is 48.8 Å². The number of carbonyl (C=O) groups excluding carboxylic acids is 1. The number of amides is 1. The Morgan fingerprint density at radius 1 is 1.32 bits per heavy atom. The monoisotopic (exact) mass is 299 g/mol. The molecule has 1 amide bonds. The average molecular weight is 299 g/mol. The van der Waals surface area contributed by atoms with Crippen LogP contribution in [0.4, 0.5) is 4.39 Å². The molecule has 2 aromatic carbocycles. The van der Waals surface area contributed by atoms with Gasteiger partial charge >= 0.3 is 0 Å². The molecule has 0 aliphatic heterocycles. The number of fused-ring (bicyclic) bond motifs is 1. The first-order chi connectivity index (χ1) is 10.6. The highest BCUT2D eigenvalue weighted by Crippen LogP contribution is 2.16. The molecule has 22 heavy (non-hydrogen) atoms. The van der Waals surface area contributed by atoms with Gasteiger partial charge in [0.1, 0.15) is 5.82 Å². The fraction of sp³-hybridized carbons (Fsp3) is 0.125. The van der Waals surface area contributed by atoms with E-state index >= 15 is 0 Å². The molecule has 0 aliphatic rings. The van der Waals surface area contributed by atoms with Crippen molar-refractivity contribution in [1.29, 1.82) is 0 Å². The van der Waals surface area contributed by atoms with Crippen LogP contribution >= 0.6 is 0 Å². The van der Waals surface area contributed by atoms with Crippen LogP contribution in [0, 0.1) is 5.82 Å². The first-order valence-corrected chi connectivity index (χ1v) is 6.79. The lowest BCUT2D eigenvalue weighted by Crippen LogP contribution is -2.28. The van der Waals surface area contributed by atoms with Gasteiger partial charge in [-0.2, -0.15) is 0 Å². The SMILES string of the molecule is O=C(NCC(O)c1ccccc1F)c1ccc2nc[nH]c2c1. The molecule has 0 fully saturated rings. The summed E-state index contributed by atoms with van der Waals surface area (Å²) in [4.78, 5) is 19.1. The number of aliphatic hydroxyl groups is 1. The van der Waals surface area contributed by atoms with E-state index in [1.54, 1.807) is 36.7 Å². The second-order valence-corrected chi connectivity index (χ2v) is 4.88. The van der Waals surface area contributed by atoms with Crippen LogP contribution in [-0.4, -0.2) is 27.5 Å². The number of hydrogen-bond donors (Lipinski definition) is 3. The lowest BCUT2D eigenvalue weighted by atomic mass is 10.1. The van der Waals surface area contributed by atoms with E-state index in [4.69, 9.17) is 0 Å². The first kappa shape index (κ1) is 14.2. The Morgan fingerprint density at radius 2 is 2.14 bits per heavy atom. The second kappa shape index (κ2) is 5.95. The van der Waals surface area contributed by atoms with Gasteiger partial charge in [-0.15, -0.1) is 0 Å². The quantitative estimate of drug-likeness (QED) is 0.691. The summed E-state index contributed by atoms with van der Waals surface area (Å²) < 4.78 is 13.5. The maximum atomic E-state index is 13.5. The molecule has 1 heterocycles. The van der Waals surface area contributed by atoms with Crippen LogP contribution in [0.1, 0.15) is 22.0 Å². The van der Waals surface area contributed by atoms with E-state index in [0.717, 1.165) is 11.0 Å². The number of H-pyrrole nitrogens is 1. The molecule has 0 spiro atoms. The van der Waals surface area contributed by atoms with E-state index < -0.39 is 11.9 Å². The molecule has 3 rings (SSSR count). The van der Waals surface area contributed by atoms with Crippen LogP contribution < -0.4 is 5.32 Å². The van der Waals surface area contributed by atoms with Crippen molar-refractivity contribution in [2.45, 2.75) is 6.10 Å². The molecule has 1 unspecified atom stereocenters. The minimum absolute atomic E-state index is 0.0687. The fourth-order valence-corrected chi connectivity index (χ4v) is 2.22. The van der Waals surface area contributed by atoms with Crippen molar-refractivity contribution in [3.8, 4) is 0 Å². The number of aromatic nitrogens is 2. The van der Waals surface area contributed by atoms with Crippen LogP contribution in [0.3, 0.4) is 0 Å². The Bertz CT molecular complexity index is 816. The van der Waals surface area contributed by atoms with Crippen molar-refractivity contribution < 1.29 is 14.3 Å². The smallest absolute Gasteiger partial charge is 0.251 e. The number of nitrogens with zero attached hydrogens (tertiary/aromatic N) is 1. The summed E-state index contributed by atoms with van der Waals surface area (Å²) in [6.45, 7) is -0.0687. The minimum Gasteiger partial charge on any atom is -0.386 e. The predicted molar refractivity (Wildman–Crippen MR) is 79.8 cm³/mol. The Balaban J connectivity index is 1.68. The molecule has 0 radical (unpaired) electrons. The molecule has 3 aromatic rings. The van der Waals surface area contributed by atoms with Crippen LogP contribution in [0.25, 0.3) is 11.0 Å². The molecule has 5 nitrogen and oxygen atoms in total. The van der Waals surface area contributed by atoms with Gasteiger partial charge in [0.15, 0.2) is 0 Å². The number of hydrogen-bond acceptors (Lipinski definition) is 3. The molecule has 3 N–H and O–H groups in total. The normalized spacial score (nSPS) is 12.3. The largest absolute Gasteiger partial charge is 0.386 e. The van der Waals surface area contributed by atoms with Crippen LogP contribution in [0.2, 0.25) is 0 Å². The summed E-state index contributed by atoms with van der Waals surface area (Å²) >= 11 is 0. The molecule has 1 aromatic heterocycles. The number of aliphatic hydroxyl groups excluding tert-OH is 1. The molecule has 0 saturated heterocycles. The number of carbonyl (C=O) groups is 1. The van der Waals surface area contributed by atoms with Crippen LogP contribution in [-0.2, 0) is 0 Å². The van der Waals surface area contributed by atoms with Gasteiger partial charge in [-0.3, -0.25) is 4.79 Å². The van der Waals surface area contributed by atoms with E-state index in [-0.39, 0.29) is 18.0 Å². The first-order valence-electron chi connectivity index (χ1n) is 6.79. The van der Waals surface area contributed by atoms with E-state index in [1.807, 2.05) is 0 Å². The van der Waals surface area contributed by atoms with E-state index in [9.17, 15) is 14.3 Å². The van der Waals surface area contributed by atoms with Crippen molar-refractivity contribution in [3.63, 3.8) is 0 Å². The Morgan fingerprint density at radius 3 is 2.95 bits per heavy atom. The third kappa shape index (κ3) is 2.82. The minimum atomic E-state index is -1.10. The maximum absolute atomic E-state index is 13.5. The number of imidazole rings is 1. The van der Waals surface area contributed by atoms with Gasteiger partial charge in [0.25, 0.3) is 5.91 Å². The zero-order chi connectivity index (χ0) is 15.5. The summed E-state index contributed by atoms with van der Waals surface area (Å²) in [6.07, 6.45) is 0.454. The number of halogens is 1. The van der Waals surface area contributed by atoms with E-state index in [2.05, 4.69) is 15.3 Å². The van der Waals surface area contributed by atoms with Gasteiger partial charge in [0.2, 0.25) is 0 Å². The molecule has 0 bridgehead atoms. The summed E-state index contributed by atoms with van der Waals surface area (Å²) in [7, 11) is 0. The van der Waals surface area contributed by atoms with Crippen molar-refractivity contribution >= 4 is 16.9 Å². The standard InChI is InChI=1S/C16H14FN3O2/c17-12-4-2-1-3-11(12)15(21)8-18-16(22)10-5-6-13-14(7-10)20-9-19-13/h1-7,9,15,21H,8H2,(H,18,22)(H,19,20). The number of aromatic amines is 1. The Labute approximate surface area is 125 Å². The molecule has 0 saturated carbocycles. The Kier molecular flexibility index (Phi) is 3.84. The zero-order valence-electron chi connectivity index (χ0n) is 11.6. The van der Waals surface area contributed by atoms with Crippen molar-refractivity contribution in [2.75, 3.05) is 6.54 Å². The summed E-state index contributed by atoms with van der Waals surface area (Å²) in [6, 6.07) is 11.0.